The standard InChI is InChI=1S/C18H24FN3O2/c1-12-16(13(2)22(21-12)7-8-23)11-20-17-4-3-9-24-18-10-14(19)5-6-15(17)18/h5-6,10,17,20,23H,3-4,7-9,11H2,1-2H3. The zero-order valence-corrected chi connectivity index (χ0v) is 14.2. The van der Waals surface area contributed by atoms with Crippen LogP contribution in [0, 0.1) is 19.7 Å². The molecule has 130 valence electrons. The predicted octanol–water partition coefficient (Wildman–Crippen LogP) is 2.63. The first-order valence-corrected chi connectivity index (χ1v) is 8.39. The molecule has 0 amide bonds. The molecular weight excluding hydrogens is 309 g/mol. The lowest BCUT2D eigenvalue weighted by Gasteiger charge is -2.18. The van der Waals surface area contributed by atoms with Crippen LogP contribution in [-0.4, -0.2) is 28.1 Å². The first-order valence-electron chi connectivity index (χ1n) is 8.39. The van der Waals surface area contributed by atoms with Gasteiger partial charge in [-0.15, -0.1) is 0 Å². The molecule has 0 saturated heterocycles. The third kappa shape index (κ3) is 3.44. The fourth-order valence-corrected chi connectivity index (χ4v) is 3.29. The molecule has 0 radical (unpaired) electrons. The highest BCUT2D eigenvalue weighted by Gasteiger charge is 2.21. The van der Waals surface area contributed by atoms with Crippen molar-refractivity contribution in [2.75, 3.05) is 13.2 Å². The van der Waals surface area contributed by atoms with Crippen molar-refractivity contribution in [2.45, 2.75) is 45.8 Å². The number of rotatable bonds is 5. The Morgan fingerprint density at radius 1 is 1.42 bits per heavy atom. The fourth-order valence-electron chi connectivity index (χ4n) is 3.29. The zero-order valence-electron chi connectivity index (χ0n) is 14.2. The molecule has 0 aliphatic carbocycles. The van der Waals surface area contributed by atoms with E-state index in [4.69, 9.17) is 9.84 Å². The van der Waals surface area contributed by atoms with Gasteiger partial charge in [0.05, 0.1) is 25.5 Å². The van der Waals surface area contributed by atoms with Gasteiger partial charge in [0.15, 0.2) is 0 Å². The number of nitrogens with one attached hydrogen (secondary N) is 1. The van der Waals surface area contributed by atoms with Crippen LogP contribution in [0.4, 0.5) is 4.39 Å². The summed E-state index contributed by atoms with van der Waals surface area (Å²) in [5, 5.41) is 17.2. The van der Waals surface area contributed by atoms with Crippen molar-refractivity contribution in [3.05, 3.63) is 46.5 Å². The number of hydrogen-bond donors (Lipinski definition) is 2. The van der Waals surface area contributed by atoms with Crippen LogP contribution in [-0.2, 0) is 13.1 Å². The van der Waals surface area contributed by atoms with Gasteiger partial charge in [0.2, 0.25) is 0 Å². The van der Waals surface area contributed by atoms with Gasteiger partial charge in [-0.1, -0.05) is 6.07 Å². The maximum atomic E-state index is 13.5. The number of fused-ring (bicyclic) bond motifs is 1. The Morgan fingerprint density at radius 3 is 3.04 bits per heavy atom. The van der Waals surface area contributed by atoms with Crippen LogP contribution in [0.3, 0.4) is 0 Å². The van der Waals surface area contributed by atoms with Crippen LogP contribution in [0.15, 0.2) is 18.2 Å². The molecule has 2 heterocycles. The summed E-state index contributed by atoms with van der Waals surface area (Å²) in [4.78, 5) is 0. The summed E-state index contributed by atoms with van der Waals surface area (Å²) < 4.78 is 21.0. The largest absolute Gasteiger partial charge is 0.493 e. The summed E-state index contributed by atoms with van der Waals surface area (Å²) >= 11 is 0. The Hall–Kier alpha value is -1.92. The minimum absolute atomic E-state index is 0.0771. The fraction of sp³-hybridized carbons (Fsp3) is 0.500. The van der Waals surface area contributed by atoms with E-state index in [-0.39, 0.29) is 18.5 Å². The first-order chi connectivity index (χ1) is 11.6. The second kappa shape index (κ2) is 7.32. The smallest absolute Gasteiger partial charge is 0.126 e. The first kappa shape index (κ1) is 16.9. The second-order valence-corrected chi connectivity index (χ2v) is 6.20. The molecule has 3 rings (SSSR count). The highest BCUT2D eigenvalue weighted by molar-refractivity contribution is 5.37. The molecule has 0 bridgehead atoms. The third-order valence-electron chi connectivity index (χ3n) is 4.61. The third-order valence-corrected chi connectivity index (χ3v) is 4.61. The number of benzene rings is 1. The van der Waals surface area contributed by atoms with Crippen molar-refractivity contribution < 1.29 is 14.2 Å². The summed E-state index contributed by atoms with van der Waals surface area (Å²) in [6.07, 6.45) is 1.87. The number of aromatic nitrogens is 2. The molecule has 1 atom stereocenters. The van der Waals surface area contributed by atoms with Gasteiger partial charge in [0.25, 0.3) is 0 Å². The SMILES string of the molecule is Cc1nn(CCO)c(C)c1CNC1CCCOc2cc(F)ccc21. The zero-order chi connectivity index (χ0) is 17.1. The monoisotopic (exact) mass is 333 g/mol. The van der Waals surface area contributed by atoms with Crippen molar-refractivity contribution in [1.82, 2.24) is 15.1 Å². The van der Waals surface area contributed by atoms with E-state index in [0.717, 1.165) is 35.4 Å². The van der Waals surface area contributed by atoms with Gasteiger partial charge < -0.3 is 15.2 Å². The highest BCUT2D eigenvalue weighted by atomic mass is 19.1. The van der Waals surface area contributed by atoms with Gasteiger partial charge in [0.1, 0.15) is 11.6 Å². The van der Waals surface area contributed by atoms with E-state index < -0.39 is 0 Å². The van der Waals surface area contributed by atoms with Crippen molar-refractivity contribution in [2.24, 2.45) is 0 Å². The van der Waals surface area contributed by atoms with E-state index >= 15 is 0 Å². The number of aliphatic hydroxyl groups excluding tert-OH is 1. The van der Waals surface area contributed by atoms with Gasteiger partial charge in [-0.05, 0) is 32.8 Å². The quantitative estimate of drug-likeness (QED) is 0.883. The average Bonchev–Trinajstić information content (AvgIpc) is 2.72. The summed E-state index contributed by atoms with van der Waals surface area (Å²) in [5.74, 6) is 0.362. The molecule has 1 aliphatic heterocycles. The summed E-state index contributed by atoms with van der Waals surface area (Å²) in [6, 6.07) is 4.88. The van der Waals surface area contributed by atoms with Gasteiger partial charge in [-0.3, -0.25) is 4.68 Å². The lowest BCUT2D eigenvalue weighted by molar-refractivity contribution is 0.267. The molecule has 1 aromatic heterocycles. The Labute approximate surface area is 141 Å². The minimum atomic E-state index is -0.272. The van der Waals surface area contributed by atoms with Crippen LogP contribution in [0.25, 0.3) is 0 Å². The molecule has 1 aliphatic rings. The molecule has 6 heteroatoms. The average molecular weight is 333 g/mol. The summed E-state index contributed by atoms with van der Waals surface area (Å²) in [5.41, 5.74) is 4.19. The molecule has 24 heavy (non-hydrogen) atoms. The number of nitrogens with zero attached hydrogens (tertiary/aromatic N) is 2. The Balaban J connectivity index is 1.78. The van der Waals surface area contributed by atoms with Gasteiger partial charge >= 0.3 is 0 Å². The number of ether oxygens (including phenoxy) is 1. The summed E-state index contributed by atoms with van der Waals surface area (Å²) in [7, 11) is 0. The number of hydrogen-bond acceptors (Lipinski definition) is 4. The van der Waals surface area contributed by atoms with E-state index in [1.807, 2.05) is 24.6 Å². The van der Waals surface area contributed by atoms with Crippen LogP contribution in [0.5, 0.6) is 5.75 Å². The van der Waals surface area contributed by atoms with Crippen LogP contribution >= 0.6 is 0 Å². The van der Waals surface area contributed by atoms with E-state index in [0.29, 0.717) is 25.4 Å². The van der Waals surface area contributed by atoms with E-state index in [2.05, 4.69) is 10.4 Å². The normalized spacial score (nSPS) is 17.2. The molecular formula is C18H24FN3O2. The number of halogens is 1. The van der Waals surface area contributed by atoms with Gasteiger partial charge in [-0.2, -0.15) is 5.10 Å². The van der Waals surface area contributed by atoms with Crippen molar-refractivity contribution in [3.8, 4) is 5.75 Å². The maximum Gasteiger partial charge on any atom is 0.126 e. The van der Waals surface area contributed by atoms with E-state index in [1.165, 1.54) is 12.1 Å². The van der Waals surface area contributed by atoms with Gasteiger partial charge in [0, 0.05) is 35.5 Å². The van der Waals surface area contributed by atoms with Gasteiger partial charge in [-0.25, -0.2) is 4.39 Å². The number of aliphatic hydroxyl groups is 1. The Kier molecular flexibility index (Phi) is 5.16. The lowest BCUT2D eigenvalue weighted by atomic mass is 10.0. The summed E-state index contributed by atoms with van der Waals surface area (Å²) in [6.45, 7) is 5.88. The second-order valence-electron chi connectivity index (χ2n) is 6.20. The Morgan fingerprint density at radius 2 is 2.25 bits per heavy atom. The highest BCUT2D eigenvalue weighted by Crippen LogP contribution is 2.32. The minimum Gasteiger partial charge on any atom is -0.493 e. The molecule has 0 fully saturated rings. The molecule has 0 saturated carbocycles. The molecule has 1 aromatic carbocycles. The van der Waals surface area contributed by atoms with Crippen LogP contribution in [0.2, 0.25) is 0 Å². The van der Waals surface area contributed by atoms with Crippen LogP contribution < -0.4 is 10.1 Å². The van der Waals surface area contributed by atoms with Crippen molar-refractivity contribution >= 4 is 0 Å². The lowest BCUT2D eigenvalue weighted by Crippen LogP contribution is -2.21. The van der Waals surface area contributed by atoms with E-state index in [1.54, 1.807) is 0 Å². The predicted molar refractivity (Wildman–Crippen MR) is 89.5 cm³/mol. The molecule has 2 aromatic rings. The number of aryl methyl sites for hydroxylation is 1. The van der Waals surface area contributed by atoms with Crippen molar-refractivity contribution in [3.63, 3.8) is 0 Å². The maximum absolute atomic E-state index is 13.5. The molecule has 5 nitrogen and oxygen atoms in total. The molecule has 1 unspecified atom stereocenters. The molecule has 2 N–H and O–H groups in total. The van der Waals surface area contributed by atoms with E-state index in [9.17, 15) is 4.39 Å². The topological polar surface area (TPSA) is 59.3 Å². The van der Waals surface area contributed by atoms with Crippen LogP contribution in [0.1, 0.15) is 41.4 Å². The molecule has 0 spiro atoms. The van der Waals surface area contributed by atoms with Crippen molar-refractivity contribution in [1.29, 1.82) is 0 Å². The Bertz CT molecular complexity index is 715.